The molecule has 0 spiro atoms. The minimum absolute atomic E-state index is 0.455. The molecular formula is C21H34N4. The lowest BCUT2D eigenvalue weighted by Gasteiger charge is -2.33. The van der Waals surface area contributed by atoms with Gasteiger partial charge in [0, 0.05) is 39.3 Å². The fourth-order valence-electron chi connectivity index (χ4n) is 3.35. The van der Waals surface area contributed by atoms with Crippen LogP contribution in [-0.4, -0.2) is 50.1 Å². The Balaban J connectivity index is 1.77. The molecule has 0 aliphatic carbocycles. The van der Waals surface area contributed by atoms with Crippen LogP contribution < -0.4 is 10.6 Å². The second kappa shape index (κ2) is 9.62. The van der Waals surface area contributed by atoms with Crippen LogP contribution >= 0.6 is 0 Å². The van der Waals surface area contributed by atoms with Gasteiger partial charge in [-0.3, -0.25) is 9.89 Å². The number of benzene rings is 1. The maximum absolute atomic E-state index is 4.40. The highest BCUT2D eigenvalue weighted by molar-refractivity contribution is 5.80. The smallest absolute Gasteiger partial charge is 0.191 e. The van der Waals surface area contributed by atoms with Gasteiger partial charge in [0.15, 0.2) is 5.96 Å². The van der Waals surface area contributed by atoms with Crippen molar-refractivity contribution in [3.8, 4) is 0 Å². The first kappa shape index (κ1) is 19.5. The first-order valence-electron chi connectivity index (χ1n) is 9.38. The van der Waals surface area contributed by atoms with Gasteiger partial charge < -0.3 is 10.6 Å². The lowest BCUT2D eigenvalue weighted by atomic mass is 9.99. The normalized spacial score (nSPS) is 18.0. The van der Waals surface area contributed by atoms with Crippen LogP contribution in [0, 0.1) is 6.92 Å². The van der Waals surface area contributed by atoms with Crippen molar-refractivity contribution < 1.29 is 0 Å². The van der Waals surface area contributed by atoms with Gasteiger partial charge in [-0.2, -0.15) is 0 Å². The molecule has 1 fully saturated rings. The van der Waals surface area contributed by atoms with Crippen molar-refractivity contribution in [2.45, 2.75) is 45.6 Å². The van der Waals surface area contributed by atoms with Crippen molar-refractivity contribution in [2.75, 3.05) is 33.2 Å². The number of nitrogens with one attached hydrogen (secondary N) is 2. The number of rotatable bonds is 6. The standard InChI is InChI=1S/C21H34N4/c1-16(2)15-25-11-9-20(10-12-25)24-21(22-5)23-14-18(4)19-8-6-7-17(3)13-19/h6-8,13,18,20H,1,9-12,14-15H2,2-5H3,(H2,22,23,24). The zero-order valence-corrected chi connectivity index (χ0v) is 16.3. The van der Waals surface area contributed by atoms with Crippen LogP contribution in [0.25, 0.3) is 0 Å². The van der Waals surface area contributed by atoms with Crippen molar-refractivity contribution >= 4 is 5.96 Å². The van der Waals surface area contributed by atoms with Crippen LogP contribution in [0.5, 0.6) is 0 Å². The van der Waals surface area contributed by atoms with E-state index in [-0.39, 0.29) is 0 Å². The van der Waals surface area contributed by atoms with Crippen molar-refractivity contribution in [1.29, 1.82) is 0 Å². The Morgan fingerprint density at radius 2 is 2.08 bits per heavy atom. The third-order valence-electron chi connectivity index (χ3n) is 4.83. The van der Waals surface area contributed by atoms with Crippen LogP contribution in [-0.2, 0) is 0 Å². The molecule has 2 N–H and O–H groups in total. The summed E-state index contributed by atoms with van der Waals surface area (Å²) >= 11 is 0. The number of guanidine groups is 1. The zero-order valence-electron chi connectivity index (χ0n) is 16.3. The summed E-state index contributed by atoms with van der Waals surface area (Å²) in [6, 6.07) is 9.24. The average Bonchev–Trinajstić information content (AvgIpc) is 2.59. The van der Waals surface area contributed by atoms with Crippen molar-refractivity contribution in [1.82, 2.24) is 15.5 Å². The minimum Gasteiger partial charge on any atom is -0.356 e. The summed E-state index contributed by atoms with van der Waals surface area (Å²) in [6.07, 6.45) is 2.31. The molecule has 1 heterocycles. The molecule has 1 saturated heterocycles. The molecule has 1 aromatic rings. The van der Waals surface area contributed by atoms with E-state index in [1.807, 2.05) is 7.05 Å². The Kier molecular flexibility index (Phi) is 7.51. The number of likely N-dealkylation sites (tertiary alicyclic amines) is 1. The summed E-state index contributed by atoms with van der Waals surface area (Å²) in [5.41, 5.74) is 3.93. The van der Waals surface area contributed by atoms with Crippen LogP contribution in [0.3, 0.4) is 0 Å². The quantitative estimate of drug-likeness (QED) is 0.473. The van der Waals surface area contributed by atoms with Crippen LogP contribution in [0.15, 0.2) is 41.4 Å². The molecular weight excluding hydrogens is 308 g/mol. The zero-order chi connectivity index (χ0) is 18.2. The van der Waals surface area contributed by atoms with E-state index >= 15 is 0 Å². The molecule has 4 heteroatoms. The van der Waals surface area contributed by atoms with Gasteiger partial charge in [-0.25, -0.2) is 0 Å². The molecule has 1 aliphatic rings. The largest absolute Gasteiger partial charge is 0.356 e. The Bertz CT molecular complexity index is 585. The van der Waals surface area contributed by atoms with E-state index in [9.17, 15) is 0 Å². The summed E-state index contributed by atoms with van der Waals surface area (Å²) in [7, 11) is 1.85. The van der Waals surface area contributed by atoms with Crippen LogP contribution in [0.4, 0.5) is 0 Å². The van der Waals surface area contributed by atoms with E-state index in [4.69, 9.17) is 0 Å². The second-order valence-corrected chi connectivity index (χ2v) is 7.42. The molecule has 1 aliphatic heterocycles. The first-order chi connectivity index (χ1) is 12.0. The topological polar surface area (TPSA) is 39.7 Å². The molecule has 0 radical (unpaired) electrons. The van der Waals surface area contributed by atoms with E-state index in [0.717, 1.165) is 45.0 Å². The van der Waals surface area contributed by atoms with Gasteiger partial charge in [-0.05, 0) is 38.2 Å². The molecule has 1 atom stereocenters. The molecule has 138 valence electrons. The Hall–Kier alpha value is -1.81. The average molecular weight is 343 g/mol. The van der Waals surface area contributed by atoms with Crippen LogP contribution in [0.1, 0.15) is 43.7 Å². The van der Waals surface area contributed by atoms with E-state index in [0.29, 0.717) is 12.0 Å². The highest BCUT2D eigenvalue weighted by atomic mass is 15.2. The summed E-state index contributed by atoms with van der Waals surface area (Å²) < 4.78 is 0. The highest BCUT2D eigenvalue weighted by Gasteiger charge is 2.20. The number of piperidine rings is 1. The lowest BCUT2D eigenvalue weighted by Crippen LogP contribution is -2.49. The predicted molar refractivity (Wildman–Crippen MR) is 108 cm³/mol. The monoisotopic (exact) mass is 342 g/mol. The number of aliphatic imine (C=N–C) groups is 1. The summed E-state index contributed by atoms with van der Waals surface area (Å²) in [4.78, 5) is 6.88. The SMILES string of the molecule is C=C(C)CN1CCC(NC(=NC)NCC(C)c2cccc(C)c2)CC1. The van der Waals surface area contributed by atoms with E-state index < -0.39 is 0 Å². The third-order valence-corrected chi connectivity index (χ3v) is 4.83. The van der Waals surface area contributed by atoms with Gasteiger partial charge in [-0.15, -0.1) is 0 Å². The second-order valence-electron chi connectivity index (χ2n) is 7.42. The molecule has 0 saturated carbocycles. The maximum Gasteiger partial charge on any atom is 0.191 e. The van der Waals surface area contributed by atoms with Gasteiger partial charge in [0.25, 0.3) is 0 Å². The minimum atomic E-state index is 0.455. The summed E-state index contributed by atoms with van der Waals surface area (Å²) in [6.45, 7) is 14.7. The van der Waals surface area contributed by atoms with Crippen molar-refractivity contribution in [2.24, 2.45) is 4.99 Å². The lowest BCUT2D eigenvalue weighted by molar-refractivity contribution is 0.221. The number of nitrogens with zero attached hydrogens (tertiary/aromatic N) is 2. The highest BCUT2D eigenvalue weighted by Crippen LogP contribution is 2.15. The Labute approximate surface area is 153 Å². The fourth-order valence-corrected chi connectivity index (χ4v) is 3.35. The molecule has 1 aromatic carbocycles. The van der Waals surface area contributed by atoms with Crippen molar-refractivity contribution in [3.05, 3.63) is 47.5 Å². The number of hydrogen-bond acceptors (Lipinski definition) is 2. The number of hydrogen-bond donors (Lipinski definition) is 2. The van der Waals surface area contributed by atoms with Gasteiger partial charge in [0.05, 0.1) is 0 Å². The fraction of sp³-hybridized carbons (Fsp3) is 0.571. The predicted octanol–water partition coefficient (Wildman–Crippen LogP) is 3.30. The van der Waals surface area contributed by atoms with E-state index in [2.05, 4.69) is 72.1 Å². The molecule has 0 amide bonds. The van der Waals surface area contributed by atoms with E-state index in [1.165, 1.54) is 16.7 Å². The Morgan fingerprint density at radius 3 is 2.68 bits per heavy atom. The van der Waals surface area contributed by atoms with Crippen LogP contribution in [0.2, 0.25) is 0 Å². The molecule has 0 aromatic heterocycles. The van der Waals surface area contributed by atoms with Gasteiger partial charge in [0.2, 0.25) is 0 Å². The maximum atomic E-state index is 4.40. The molecule has 4 nitrogen and oxygen atoms in total. The summed E-state index contributed by atoms with van der Waals surface area (Å²) in [5, 5.41) is 7.08. The third kappa shape index (κ3) is 6.54. The van der Waals surface area contributed by atoms with Gasteiger partial charge in [-0.1, -0.05) is 48.9 Å². The number of aryl methyl sites for hydroxylation is 1. The van der Waals surface area contributed by atoms with Crippen molar-refractivity contribution in [3.63, 3.8) is 0 Å². The molecule has 1 unspecified atom stereocenters. The van der Waals surface area contributed by atoms with E-state index in [1.54, 1.807) is 0 Å². The summed E-state index contributed by atoms with van der Waals surface area (Å²) in [5.74, 6) is 1.37. The Morgan fingerprint density at radius 1 is 1.36 bits per heavy atom. The first-order valence-corrected chi connectivity index (χ1v) is 9.38. The molecule has 0 bridgehead atoms. The van der Waals surface area contributed by atoms with Gasteiger partial charge >= 0.3 is 0 Å². The molecule has 25 heavy (non-hydrogen) atoms. The van der Waals surface area contributed by atoms with Gasteiger partial charge in [0.1, 0.15) is 0 Å². The molecule has 2 rings (SSSR count).